The Morgan fingerprint density at radius 3 is 2.12 bits per heavy atom. The van der Waals surface area contributed by atoms with Crippen molar-refractivity contribution < 1.29 is 18.8 Å². The fourth-order valence-electron chi connectivity index (χ4n) is 4.25. The van der Waals surface area contributed by atoms with E-state index in [-0.39, 0.29) is 11.4 Å². The number of hydrogen-bond donors (Lipinski definition) is 1. The van der Waals surface area contributed by atoms with Crippen molar-refractivity contribution in [2.24, 2.45) is 0 Å². The van der Waals surface area contributed by atoms with Crippen LogP contribution >= 0.6 is 0 Å². The number of aryl methyl sites for hydroxylation is 2. The molecule has 0 heterocycles. The van der Waals surface area contributed by atoms with E-state index in [0.29, 0.717) is 11.3 Å². The van der Waals surface area contributed by atoms with Gasteiger partial charge in [0.05, 0.1) is 38.0 Å². The third-order valence-electron chi connectivity index (χ3n) is 5.99. The lowest BCUT2D eigenvalue weighted by atomic mass is 10.0. The van der Waals surface area contributed by atoms with Crippen LogP contribution < -0.4 is 5.32 Å². The largest absolute Gasteiger partial charge is 0.465 e. The topological polar surface area (TPSA) is 55.4 Å². The summed E-state index contributed by atoms with van der Waals surface area (Å²) in [6, 6.07) is 3.75. The molecular weight excluding hydrogens is 316 g/mol. The van der Waals surface area contributed by atoms with Gasteiger partial charge < -0.3 is 14.5 Å². The molecule has 0 unspecified atom stereocenters. The third kappa shape index (κ3) is 3.17. The van der Waals surface area contributed by atoms with E-state index in [2.05, 4.69) is 26.1 Å². The van der Waals surface area contributed by atoms with Gasteiger partial charge in [0.15, 0.2) is 5.54 Å². The van der Waals surface area contributed by atoms with Gasteiger partial charge in [-0.1, -0.05) is 6.07 Å². The van der Waals surface area contributed by atoms with Crippen molar-refractivity contribution in [2.45, 2.75) is 53.0 Å². The van der Waals surface area contributed by atoms with Crippen LogP contribution in [0, 0.1) is 13.8 Å². The molecule has 1 aliphatic rings. The van der Waals surface area contributed by atoms with Crippen LogP contribution in [0.25, 0.3) is 0 Å². The Balaban J connectivity index is 2.40. The lowest BCUT2D eigenvalue weighted by Gasteiger charge is -2.43. The molecule has 1 aromatic rings. The average Bonchev–Trinajstić information content (AvgIpc) is 3.40. The standard InChI is InChI=1S/C20H30N2O3/c1-7-22(8-2,9-3)20(10-11-20)19(24)21-17-15(5)12-14(4)13-16(17)18(23)25-6/h12-13H,7-11H2,1-6H3/p+1. The van der Waals surface area contributed by atoms with Crippen molar-refractivity contribution in [1.29, 1.82) is 0 Å². The highest BCUT2D eigenvalue weighted by Crippen LogP contribution is 2.48. The molecule has 2 rings (SSSR count). The molecule has 138 valence electrons. The first-order valence-corrected chi connectivity index (χ1v) is 9.18. The zero-order valence-corrected chi connectivity index (χ0v) is 16.4. The molecule has 5 nitrogen and oxygen atoms in total. The first-order chi connectivity index (χ1) is 11.8. The summed E-state index contributed by atoms with van der Waals surface area (Å²) >= 11 is 0. The van der Waals surface area contributed by atoms with Crippen molar-refractivity contribution in [1.82, 2.24) is 0 Å². The van der Waals surface area contributed by atoms with E-state index in [9.17, 15) is 9.59 Å². The summed E-state index contributed by atoms with van der Waals surface area (Å²) in [4.78, 5) is 25.4. The Morgan fingerprint density at radius 1 is 1.12 bits per heavy atom. The zero-order chi connectivity index (χ0) is 18.8. The molecule has 0 saturated heterocycles. The SMILES string of the molecule is CC[N+](CC)(CC)C1(C(=O)Nc2c(C)cc(C)cc2C(=O)OC)CC1. The number of carbonyl (C=O) groups is 2. The lowest BCUT2D eigenvalue weighted by molar-refractivity contribution is -0.947. The second-order valence-corrected chi connectivity index (χ2v) is 7.08. The van der Waals surface area contributed by atoms with E-state index >= 15 is 0 Å². The number of methoxy groups -OCH3 is 1. The van der Waals surface area contributed by atoms with E-state index in [4.69, 9.17) is 4.74 Å². The first-order valence-electron chi connectivity index (χ1n) is 9.18. The van der Waals surface area contributed by atoms with E-state index in [1.54, 1.807) is 6.07 Å². The Labute approximate surface area is 150 Å². The molecule has 1 N–H and O–H groups in total. The van der Waals surface area contributed by atoms with Crippen LogP contribution in [0.2, 0.25) is 0 Å². The summed E-state index contributed by atoms with van der Waals surface area (Å²) in [5.74, 6) is -0.399. The molecule has 1 aliphatic carbocycles. The number of quaternary nitrogens is 1. The normalized spacial score (nSPS) is 15.6. The summed E-state index contributed by atoms with van der Waals surface area (Å²) in [5.41, 5.74) is 2.48. The fourth-order valence-corrected chi connectivity index (χ4v) is 4.25. The molecule has 0 bridgehead atoms. The van der Waals surface area contributed by atoms with Gasteiger partial charge in [-0.3, -0.25) is 4.79 Å². The maximum atomic E-state index is 13.2. The number of anilines is 1. The zero-order valence-electron chi connectivity index (χ0n) is 16.4. The maximum Gasteiger partial charge on any atom is 0.339 e. The number of nitrogens with zero attached hydrogens (tertiary/aromatic N) is 1. The lowest BCUT2D eigenvalue weighted by Crippen LogP contribution is -2.61. The van der Waals surface area contributed by atoms with Crippen molar-refractivity contribution in [3.63, 3.8) is 0 Å². The predicted molar refractivity (Wildman–Crippen MR) is 99.7 cm³/mol. The van der Waals surface area contributed by atoms with Crippen molar-refractivity contribution in [3.05, 3.63) is 28.8 Å². The molecule has 5 heteroatoms. The molecule has 25 heavy (non-hydrogen) atoms. The number of hydrogen-bond acceptors (Lipinski definition) is 3. The van der Waals surface area contributed by atoms with Crippen LogP contribution in [0.1, 0.15) is 55.1 Å². The summed E-state index contributed by atoms with van der Waals surface area (Å²) in [5, 5.41) is 3.08. The number of carbonyl (C=O) groups excluding carboxylic acids is 2. The number of benzene rings is 1. The second-order valence-electron chi connectivity index (χ2n) is 7.08. The maximum absolute atomic E-state index is 13.2. The first kappa shape index (κ1) is 19.4. The quantitative estimate of drug-likeness (QED) is 0.607. The Hall–Kier alpha value is -1.88. The number of amides is 1. The van der Waals surface area contributed by atoms with Crippen molar-refractivity contribution >= 4 is 17.6 Å². The van der Waals surface area contributed by atoms with Gasteiger partial charge in [-0.05, 0) is 51.8 Å². The number of likely N-dealkylation sites (N-methyl/N-ethyl adjacent to an activating group) is 1. The molecule has 1 fully saturated rings. The smallest absolute Gasteiger partial charge is 0.339 e. The van der Waals surface area contributed by atoms with Crippen molar-refractivity contribution in [3.8, 4) is 0 Å². The molecule has 0 aromatic heterocycles. The van der Waals surface area contributed by atoms with Crippen LogP contribution in [0.3, 0.4) is 0 Å². The number of esters is 1. The Morgan fingerprint density at radius 2 is 1.68 bits per heavy atom. The van der Waals surface area contributed by atoms with Crippen LogP contribution in [0.5, 0.6) is 0 Å². The van der Waals surface area contributed by atoms with Gasteiger partial charge in [0.25, 0.3) is 5.91 Å². The molecule has 0 spiro atoms. The van der Waals surface area contributed by atoms with Crippen molar-refractivity contribution in [2.75, 3.05) is 32.1 Å². The van der Waals surface area contributed by atoms with Crippen LogP contribution in [0.15, 0.2) is 12.1 Å². The van der Waals surface area contributed by atoms with Crippen LogP contribution in [-0.4, -0.2) is 48.6 Å². The summed E-state index contributed by atoms with van der Waals surface area (Å²) in [6.45, 7) is 13.1. The summed E-state index contributed by atoms with van der Waals surface area (Å²) in [7, 11) is 1.36. The van der Waals surface area contributed by atoms with Gasteiger partial charge in [0.1, 0.15) is 0 Å². The Kier molecular flexibility index (Phi) is 5.57. The van der Waals surface area contributed by atoms with Gasteiger partial charge in [-0.25, -0.2) is 4.79 Å². The predicted octanol–water partition coefficient (Wildman–Crippen LogP) is 3.44. The molecule has 0 atom stereocenters. The highest BCUT2D eigenvalue weighted by Gasteiger charge is 2.64. The minimum atomic E-state index is -0.422. The molecular formula is C20H31N2O3+. The number of rotatable bonds is 7. The highest BCUT2D eigenvalue weighted by molar-refractivity contribution is 6.05. The van der Waals surface area contributed by atoms with E-state index < -0.39 is 5.97 Å². The average molecular weight is 347 g/mol. The van der Waals surface area contributed by atoms with Gasteiger partial charge >= 0.3 is 5.97 Å². The molecule has 0 radical (unpaired) electrons. The minimum Gasteiger partial charge on any atom is -0.465 e. The summed E-state index contributed by atoms with van der Waals surface area (Å²) in [6.07, 6.45) is 1.79. The van der Waals surface area contributed by atoms with E-state index in [1.807, 2.05) is 19.9 Å². The molecule has 1 saturated carbocycles. The highest BCUT2D eigenvalue weighted by atomic mass is 16.5. The molecule has 0 aliphatic heterocycles. The Bertz CT molecular complexity index is 665. The van der Waals surface area contributed by atoms with E-state index in [0.717, 1.165) is 48.1 Å². The van der Waals surface area contributed by atoms with Gasteiger partial charge in [-0.2, -0.15) is 0 Å². The van der Waals surface area contributed by atoms with Gasteiger partial charge in [-0.15, -0.1) is 0 Å². The van der Waals surface area contributed by atoms with E-state index in [1.165, 1.54) is 7.11 Å². The fraction of sp³-hybridized carbons (Fsp3) is 0.600. The second kappa shape index (κ2) is 7.16. The monoisotopic (exact) mass is 347 g/mol. The molecule has 1 amide bonds. The van der Waals surface area contributed by atoms with Gasteiger partial charge in [0, 0.05) is 12.8 Å². The van der Waals surface area contributed by atoms with Crippen LogP contribution in [0.4, 0.5) is 5.69 Å². The number of ether oxygens (including phenoxy) is 1. The molecule has 1 aromatic carbocycles. The van der Waals surface area contributed by atoms with Crippen LogP contribution in [-0.2, 0) is 9.53 Å². The number of nitrogens with one attached hydrogen (secondary N) is 1. The van der Waals surface area contributed by atoms with Gasteiger partial charge in [0.2, 0.25) is 0 Å². The third-order valence-corrected chi connectivity index (χ3v) is 5.99. The minimum absolute atomic E-state index is 0.0233. The summed E-state index contributed by atoms with van der Waals surface area (Å²) < 4.78 is 5.70.